The molecule has 2 fully saturated rings. The molecule has 2 amide bonds. The molecule has 3 aromatic heterocycles. The summed E-state index contributed by atoms with van der Waals surface area (Å²) in [4.78, 5) is 52.2. The van der Waals surface area contributed by atoms with E-state index in [9.17, 15) is 23.9 Å². The van der Waals surface area contributed by atoms with Crippen LogP contribution >= 0.6 is 11.6 Å². The Kier molecular flexibility index (Phi) is 8.49. The van der Waals surface area contributed by atoms with Gasteiger partial charge in [-0.1, -0.05) is 11.6 Å². The third-order valence-electron chi connectivity index (χ3n) is 9.41. The number of fused-ring (bicyclic) bond motifs is 2. The number of halogens is 4. The highest BCUT2D eigenvalue weighted by molar-refractivity contribution is 6.33. The average Bonchev–Trinajstić information content (AvgIpc) is 3.39. The SMILES string of the molecule is C[C@H]1CN(C2COC2)CCN1c1cc(NC(=O)Cn2cc(-c3cc(C(N)=O)c(O)c(F)c3F)c3c(=O)n4c(nc32)CCCC4)c(Cl)c(F)n1. The first-order chi connectivity index (χ1) is 23.4. The van der Waals surface area contributed by atoms with Crippen molar-refractivity contribution in [1.29, 1.82) is 0 Å². The van der Waals surface area contributed by atoms with Crippen LogP contribution in [-0.2, 0) is 29.0 Å². The molecule has 0 bridgehead atoms. The largest absolute Gasteiger partial charge is 0.504 e. The molecule has 13 nitrogen and oxygen atoms in total. The number of nitrogens with one attached hydrogen (secondary N) is 1. The smallest absolute Gasteiger partial charge is 0.263 e. The van der Waals surface area contributed by atoms with Gasteiger partial charge in [-0.2, -0.15) is 8.78 Å². The third-order valence-corrected chi connectivity index (χ3v) is 9.77. The topological polar surface area (TPSA) is 161 Å². The van der Waals surface area contributed by atoms with Gasteiger partial charge in [0.25, 0.3) is 11.5 Å². The zero-order valence-corrected chi connectivity index (χ0v) is 27.1. The molecule has 0 unspecified atom stereocenters. The number of primary amides is 1. The number of aromatic nitrogens is 4. The van der Waals surface area contributed by atoms with E-state index in [0.29, 0.717) is 63.4 Å². The predicted octanol–water partition coefficient (Wildman–Crippen LogP) is 3.02. The summed E-state index contributed by atoms with van der Waals surface area (Å²) in [5.74, 6) is -6.68. The van der Waals surface area contributed by atoms with Crippen LogP contribution in [0.5, 0.6) is 5.75 Å². The number of hydrogen-bond donors (Lipinski definition) is 3. The molecule has 4 aromatic rings. The molecule has 0 spiro atoms. The lowest BCUT2D eigenvalue weighted by molar-refractivity contribution is -0.116. The molecule has 3 aliphatic rings. The van der Waals surface area contributed by atoms with Gasteiger partial charge in [-0.3, -0.25) is 23.9 Å². The van der Waals surface area contributed by atoms with Crippen molar-refractivity contribution in [1.82, 2.24) is 24.0 Å². The number of aryl methyl sites for hydroxylation is 1. The Morgan fingerprint density at radius 3 is 2.57 bits per heavy atom. The van der Waals surface area contributed by atoms with Gasteiger partial charge in [-0.15, -0.1) is 0 Å². The number of anilines is 2. The molecule has 1 aromatic carbocycles. The number of ether oxygens (including phenoxy) is 1. The lowest BCUT2D eigenvalue weighted by Gasteiger charge is -2.46. The minimum absolute atomic E-state index is 0.00746. The quantitative estimate of drug-likeness (QED) is 0.246. The summed E-state index contributed by atoms with van der Waals surface area (Å²) in [6.45, 7) is 5.20. The standard InChI is InChI=1S/C32H32ClF3N8O5/c1-15-10-41(16-13-49-14-16)6-7-43(15)22-9-20(25(33)29(36)39-22)38-23(45)12-42-11-19(17-8-18(30(37)47)28(46)27(35)26(17)34)24-31(42)40-21-4-2-3-5-44(21)32(24)48/h8-9,11,15-16,46H,2-7,10,12-14H2,1H3,(H2,37,47)(H,38,39,45)/t15-/m0/s1. The average molecular weight is 701 g/mol. The highest BCUT2D eigenvalue weighted by atomic mass is 35.5. The monoisotopic (exact) mass is 700 g/mol. The van der Waals surface area contributed by atoms with Crippen LogP contribution < -0.4 is 21.5 Å². The van der Waals surface area contributed by atoms with Crippen LogP contribution in [0.1, 0.15) is 35.9 Å². The van der Waals surface area contributed by atoms with Crippen molar-refractivity contribution in [2.24, 2.45) is 5.73 Å². The van der Waals surface area contributed by atoms with E-state index in [1.165, 1.54) is 21.4 Å². The molecule has 2 saturated heterocycles. The highest BCUT2D eigenvalue weighted by Crippen LogP contribution is 2.37. The van der Waals surface area contributed by atoms with Crippen LogP contribution in [0, 0.1) is 17.6 Å². The van der Waals surface area contributed by atoms with Crippen LogP contribution in [-0.4, -0.2) is 85.9 Å². The van der Waals surface area contributed by atoms with Gasteiger partial charge in [0.15, 0.2) is 11.6 Å². The van der Waals surface area contributed by atoms with E-state index >= 15 is 8.78 Å². The number of amides is 2. The van der Waals surface area contributed by atoms with E-state index in [0.717, 1.165) is 19.0 Å². The van der Waals surface area contributed by atoms with Gasteiger partial charge in [0.1, 0.15) is 28.9 Å². The van der Waals surface area contributed by atoms with Crippen molar-refractivity contribution >= 4 is 46.0 Å². The Morgan fingerprint density at radius 1 is 1.10 bits per heavy atom. The van der Waals surface area contributed by atoms with E-state index in [2.05, 4.69) is 20.2 Å². The maximum absolute atomic E-state index is 15.4. The Hall–Kier alpha value is -4.67. The molecule has 258 valence electrons. The lowest BCUT2D eigenvalue weighted by atomic mass is 10.0. The summed E-state index contributed by atoms with van der Waals surface area (Å²) in [7, 11) is 0. The molecule has 3 aliphatic heterocycles. The Bertz CT molecular complexity index is 2080. The van der Waals surface area contributed by atoms with Crippen molar-refractivity contribution in [3.8, 4) is 16.9 Å². The number of rotatable bonds is 7. The van der Waals surface area contributed by atoms with Crippen LogP contribution in [0.4, 0.5) is 24.7 Å². The molecule has 7 rings (SSSR count). The molecule has 1 atom stereocenters. The van der Waals surface area contributed by atoms with Crippen molar-refractivity contribution in [2.75, 3.05) is 43.1 Å². The first kappa shape index (κ1) is 32.9. The summed E-state index contributed by atoms with van der Waals surface area (Å²) in [6, 6.07) is 2.67. The van der Waals surface area contributed by atoms with Gasteiger partial charge in [-0.05, 0) is 25.8 Å². The molecule has 6 heterocycles. The van der Waals surface area contributed by atoms with Crippen molar-refractivity contribution in [3.05, 3.63) is 62.7 Å². The third kappa shape index (κ3) is 5.76. The number of phenols is 1. The van der Waals surface area contributed by atoms with Crippen LogP contribution in [0.3, 0.4) is 0 Å². The first-order valence-electron chi connectivity index (χ1n) is 15.8. The highest BCUT2D eigenvalue weighted by Gasteiger charge is 2.33. The normalized spacial score (nSPS) is 18.4. The van der Waals surface area contributed by atoms with Gasteiger partial charge in [0, 0.05) is 62.0 Å². The zero-order valence-electron chi connectivity index (χ0n) is 26.3. The van der Waals surface area contributed by atoms with E-state index in [-0.39, 0.29) is 28.3 Å². The van der Waals surface area contributed by atoms with E-state index in [4.69, 9.17) is 22.1 Å². The second kappa shape index (κ2) is 12.7. The predicted molar refractivity (Wildman–Crippen MR) is 173 cm³/mol. The number of piperazine rings is 1. The molecule has 17 heteroatoms. The summed E-state index contributed by atoms with van der Waals surface area (Å²) < 4.78 is 53.2. The van der Waals surface area contributed by atoms with E-state index < -0.39 is 63.4 Å². The lowest BCUT2D eigenvalue weighted by Crippen LogP contribution is -2.59. The molecular weight excluding hydrogens is 669 g/mol. The van der Waals surface area contributed by atoms with Gasteiger partial charge >= 0.3 is 0 Å². The molecule has 49 heavy (non-hydrogen) atoms. The van der Waals surface area contributed by atoms with Crippen LogP contribution in [0.25, 0.3) is 22.2 Å². The number of carbonyl (C=O) groups is 2. The fourth-order valence-electron chi connectivity index (χ4n) is 6.77. The molecule has 4 N–H and O–H groups in total. The Morgan fingerprint density at radius 2 is 1.88 bits per heavy atom. The molecular formula is C32H32ClF3N8O5. The van der Waals surface area contributed by atoms with Gasteiger partial charge < -0.3 is 30.4 Å². The van der Waals surface area contributed by atoms with Crippen molar-refractivity contribution in [3.63, 3.8) is 0 Å². The minimum Gasteiger partial charge on any atom is -0.504 e. The Balaban J connectivity index is 1.24. The number of nitrogens with zero attached hydrogens (tertiary/aromatic N) is 6. The number of hydrogen-bond acceptors (Lipinski definition) is 9. The molecule has 0 saturated carbocycles. The van der Waals surface area contributed by atoms with E-state index in [1.807, 2.05) is 11.8 Å². The fourth-order valence-corrected chi connectivity index (χ4v) is 6.91. The second-order valence-electron chi connectivity index (χ2n) is 12.5. The Labute approximate surface area is 282 Å². The van der Waals surface area contributed by atoms with Crippen molar-refractivity contribution < 1.29 is 32.6 Å². The molecule has 0 aliphatic carbocycles. The minimum atomic E-state index is -1.73. The fraction of sp³-hybridized carbons (Fsp3) is 0.406. The summed E-state index contributed by atoms with van der Waals surface area (Å²) >= 11 is 6.25. The number of pyridine rings is 1. The summed E-state index contributed by atoms with van der Waals surface area (Å²) in [6.07, 6.45) is 3.17. The van der Waals surface area contributed by atoms with Crippen LogP contribution in [0.2, 0.25) is 5.02 Å². The maximum Gasteiger partial charge on any atom is 0.263 e. The summed E-state index contributed by atoms with van der Waals surface area (Å²) in [5.41, 5.74) is 3.32. The number of nitrogens with two attached hydrogens (primary N) is 1. The van der Waals surface area contributed by atoms with Gasteiger partial charge in [0.2, 0.25) is 17.7 Å². The molecule has 0 radical (unpaired) electrons. The first-order valence-corrected chi connectivity index (χ1v) is 16.2. The number of aromatic hydroxyl groups is 1. The maximum atomic E-state index is 15.4. The van der Waals surface area contributed by atoms with Crippen LogP contribution in [0.15, 0.2) is 23.1 Å². The van der Waals surface area contributed by atoms with Gasteiger partial charge in [-0.25, -0.2) is 14.4 Å². The number of carbonyl (C=O) groups excluding carboxylic acids is 2. The van der Waals surface area contributed by atoms with Gasteiger partial charge in [0.05, 0.1) is 35.9 Å². The van der Waals surface area contributed by atoms with E-state index in [1.54, 1.807) is 0 Å². The summed E-state index contributed by atoms with van der Waals surface area (Å²) in [5, 5.41) is 12.1. The second-order valence-corrected chi connectivity index (χ2v) is 12.9. The number of benzene rings is 1. The van der Waals surface area contributed by atoms with Crippen molar-refractivity contribution in [2.45, 2.75) is 51.4 Å². The zero-order chi connectivity index (χ0) is 34.7.